The number of aliphatic hydroxyl groups excluding tert-OH is 1. The van der Waals surface area contributed by atoms with Crippen molar-refractivity contribution in [2.24, 2.45) is 0 Å². The van der Waals surface area contributed by atoms with E-state index in [1.165, 1.54) is 12.1 Å². The van der Waals surface area contributed by atoms with E-state index in [-0.39, 0.29) is 24.5 Å². The summed E-state index contributed by atoms with van der Waals surface area (Å²) in [6, 6.07) is 9.30. The quantitative estimate of drug-likeness (QED) is 0.852. The Kier molecular flexibility index (Phi) is 6.14. The van der Waals surface area contributed by atoms with Gasteiger partial charge >= 0.3 is 6.03 Å². The maximum atomic E-state index is 13.3. The van der Waals surface area contributed by atoms with Gasteiger partial charge in [0.15, 0.2) is 0 Å². The van der Waals surface area contributed by atoms with Crippen LogP contribution < -0.4 is 5.32 Å². The lowest BCUT2D eigenvalue weighted by atomic mass is 10.00. The van der Waals surface area contributed by atoms with Gasteiger partial charge in [-0.1, -0.05) is 12.1 Å². The third kappa shape index (κ3) is 4.56. The smallest absolute Gasteiger partial charge is 0.318 e. The monoisotopic (exact) mass is 358 g/mol. The van der Waals surface area contributed by atoms with E-state index < -0.39 is 0 Å². The fourth-order valence-corrected chi connectivity index (χ4v) is 3.10. The number of nitrogens with zero attached hydrogens (tertiary/aromatic N) is 3. The molecule has 138 valence electrons. The third-order valence-electron chi connectivity index (χ3n) is 4.59. The van der Waals surface area contributed by atoms with Gasteiger partial charge < -0.3 is 15.3 Å². The van der Waals surface area contributed by atoms with Crippen LogP contribution in [0, 0.1) is 5.82 Å². The SMILES string of the molecule is O=C(N[C@@H](c1ccncc1)c1ccc(F)cc1)N1CCN(CCO)CC1. The van der Waals surface area contributed by atoms with E-state index >= 15 is 0 Å². The number of rotatable bonds is 5. The number of halogens is 1. The van der Waals surface area contributed by atoms with Crippen molar-refractivity contribution < 1.29 is 14.3 Å². The average Bonchev–Trinajstić information content (AvgIpc) is 2.68. The lowest BCUT2D eigenvalue weighted by molar-refractivity contribution is 0.121. The highest BCUT2D eigenvalue weighted by atomic mass is 19.1. The summed E-state index contributed by atoms with van der Waals surface area (Å²) in [5.74, 6) is -0.312. The molecule has 0 aliphatic carbocycles. The van der Waals surface area contributed by atoms with Crippen LogP contribution in [0.4, 0.5) is 9.18 Å². The number of hydrogen-bond acceptors (Lipinski definition) is 4. The summed E-state index contributed by atoms with van der Waals surface area (Å²) in [7, 11) is 0. The Bertz CT molecular complexity index is 703. The molecule has 1 aliphatic heterocycles. The summed E-state index contributed by atoms with van der Waals surface area (Å²) in [5.41, 5.74) is 1.70. The second-order valence-electron chi connectivity index (χ2n) is 6.27. The molecule has 0 spiro atoms. The van der Waals surface area contributed by atoms with Gasteiger partial charge in [0.05, 0.1) is 12.6 Å². The molecule has 1 saturated heterocycles. The van der Waals surface area contributed by atoms with Gasteiger partial charge in [-0.3, -0.25) is 9.88 Å². The number of aromatic nitrogens is 1. The Morgan fingerprint density at radius 2 is 1.69 bits per heavy atom. The first-order valence-electron chi connectivity index (χ1n) is 8.71. The maximum absolute atomic E-state index is 13.3. The number of pyridine rings is 1. The molecule has 1 aromatic heterocycles. The summed E-state index contributed by atoms with van der Waals surface area (Å²) < 4.78 is 13.3. The van der Waals surface area contributed by atoms with Gasteiger partial charge in [0, 0.05) is 45.1 Å². The minimum absolute atomic E-state index is 0.126. The Balaban J connectivity index is 1.72. The van der Waals surface area contributed by atoms with Crippen molar-refractivity contribution in [2.45, 2.75) is 6.04 Å². The normalized spacial score (nSPS) is 16.3. The van der Waals surface area contributed by atoms with Crippen LogP contribution in [0.25, 0.3) is 0 Å². The highest BCUT2D eigenvalue weighted by molar-refractivity contribution is 5.75. The predicted octanol–water partition coefficient (Wildman–Crippen LogP) is 1.63. The molecule has 0 unspecified atom stereocenters. The van der Waals surface area contributed by atoms with Crippen molar-refractivity contribution in [3.63, 3.8) is 0 Å². The van der Waals surface area contributed by atoms with Crippen molar-refractivity contribution >= 4 is 6.03 Å². The van der Waals surface area contributed by atoms with Crippen LogP contribution in [0.2, 0.25) is 0 Å². The molecule has 0 saturated carbocycles. The van der Waals surface area contributed by atoms with Crippen LogP contribution in [-0.4, -0.2) is 65.3 Å². The number of carbonyl (C=O) groups excluding carboxylic acids is 1. The van der Waals surface area contributed by atoms with Crippen molar-refractivity contribution in [3.05, 3.63) is 65.7 Å². The Labute approximate surface area is 152 Å². The highest BCUT2D eigenvalue weighted by Gasteiger charge is 2.24. The fraction of sp³-hybridized carbons (Fsp3) is 0.368. The van der Waals surface area contributed by atoms with E-state index in [1.54, 1.807) is 29.4 Å². The molecule has 1 fully saturated rings. The fourth-order valence-electron chi connectivity index (χ4n) is 3.10. The second kappa shape index (κ2) is 8.73. The lowest BCUT2D eigenvalue weighted by Gasteiger charge is -2.35. The Morgan fingerprint density at radius 1 is 1.08 bits per heavy atom. The largest absolute Gasteiger partial charge is 0.395 e. The average molecular weight is 358 g/mol. The summed E-state index contributed by atoms with van der Waals surface area (Å²) in [6.45, 7) is 3.46. The van der Waals surface area contributed by atoms with Crippen LogP contribution in [0.5, 0.6) is 0 Å². The molecule has 2 aromatic rings. The van der Waals surface area contributed by atoms with E-state index in [2.05, 4.69) is 15.2 Å². The lowest BCUT2D eigenvalue weighted by Crippen LogP contribution is -2.52. The van der Waals surface area contributed by atoms with Crippen molar-refractivity contribution in [1.29, 1.82) is 0 Å². The Hall–Kier alpha value is -2.51. The van der Waals surface area contributed by atoms with Gasteiger partial charge in [-0.15, -0.1) is 0 Å². The summed E-state index contributed by atoms with van der Waals surface area (Å²) in [5, 5.41) is 12.1. The van der Waals surface area contributed by atoms with Crippen LogP contribution in [0.15, 0.2) is 48.8 Å². The topological polar surface area (TPSA) is 68.7 Å². The maximum Gasteiger partial charge on any atom is 0.318 e. The third-order valence-corrected chi connectivity index (χ3v) is 4.59. The molecule has 2 amide bonds. The molecular weight excluding hydrogens is 335 g/mol. The van der Waals surface area contributed by atoms with Crippen LogP contribution >= 0.6 is 0 Å². The molecule has 0 radical (unpaired) electrons. The number of β-amino-alcohol motifs (C(OH)–C–C–N with tert-alkyl or cyclic N) is 1. The number of carbonyl (C=O) groups is 1. The van der Waals surface area contributed by atoms with Crippen molar-refractivity contribution in [1.82, 2.24) is 20.1 Å². The molecule has 6 nitrogen and oxygen atoms in total. The molecule has 7 heteroatoms. The minimum atomic E-state index is -0.374. The van der Waals surface area contributed by atoms with E-state index in [0.717, 1.165) is 24.2 Å². The summed E-state index contributed by atoms with van der Waals surface area (Å²) in [6.07, 6.45) is 3.34. The van der Waals surface area contributed by atoms with E-state index in [9.17, 15) is 9.18 Å². The van der Waals surface area contributed by atoms with Gasteiger partial charge in [0.2, 0.25) is 0 Å². The molecular formula is C19H23FN4O2. The molecule has 1 aliphatic rings. The molecule has 1 aromatic carbocycles. The molecule has 2 heterocycles. The zero-order chi connectivity index (χ0) is 18.4. The second-order valence-corrected chi connectivity index (χ2v) is 6.27. The van der Waals surface area contributed by atoms with Crippen LogP contribution in [0.1, 0.15) is 17.2 Å². The van der Waals surface area contributed by atoms with Gasteiger partial charge in [-0.25, -0.2) is 9.18 Å². The first-order chi connectivity index (χ1) is 12.7. The first-order valence-corrected chi connectivity index (χ1v) is 8.71. The standard InChI is InChI=1S/C19H23FN4O2/c20-17-3-1-15(2-4-17)18(16-5-7-21-8-6-16)22-19(26)24-11-9-23(10-12-24)13-14-25/h1-8,18,25H,9-14H2,(H,22,26)/t18-/m1/s1. The van der Waals surface area contributed by atoms with Crippen LogP contribution in [-0.2, 0) is 0 Å². The number of hydrogen-bond donors (Lipinski definition) is 2. The summed E-state index contributed by atoms with van der Waals surface area (Å²) in [4.78, 5) is 20.7. The number of piperazine rings is 1. The van der Waals surface area contributed by atoms with Gasteiger partial charge in [-0.05, 0) is 35.4 Å². The minimum Gasteiger partial charge on any atom is -0.395 e. The predicted molar refractivity (Wildman–Crippen MR) is 96.1 cm³/mol. The van der Waals surface area contributed by atoms with Crippen molar-refractivity contribution in [3.8, 4) is 0 Å². The van der Waals surface area contributed by atoms with Crippen molar-refractivity contribution in [2.75, 3.05) is 39.3 Å². The molecule has 26 heavy (non-hydrogen) atoms. The number of aliphatic hydroxyl groups is 1. The highest BCUT2D eigenvalue weighted by Crippen LogP contribution is 2.22. The summed E-state index contributed by atoms with van der Waals surface area (Å²) >= 11 is 0. The first kappa shape index (κ1) is 18.3. The van der Waals surface area contributed by atoms with Gasteiger partial charge in [0.1, 0.15) is 5.82 Å². The molecule has 0 bridgehead atoms. The zero-order valence-corrected chi connectivity index (χ0v) is 14.5. The molecule has 2 N–H and O–H groups in total. The van der Waals surface area contributed by atoms with Gasteiger partial charge in [0.25, 0.3) is 0 Å². The molecule has 1 atom stereocenters. The van der Waals surface area contributed by atoms with Gasteiger partial charge in [-0.2, -0.15) is 0 Å². The van der Waals surface area contributed by atoms with E-state index in [4.69, 9.17) is 5.11 Å². The number of urea groups is 1. The number of amides is 2. The number of nitrogens with one attached hydrogen (secondary N) is 1. The van der Waals surface area contributed by atoms with E-state index in [0.29, 0.717) is 19.6 Å². The van der Waals surface area contributed by atoms with Crippen LogP contribution in [0.3, 0.4) is 0 Å². The zero-order valence-electron chi connectivity index (χ0n) is 14.5. The number of benzene rings is 1. The Morgan fingerprint density at radius 3 is 2.31 bits per heavy atom. The molecule has 3 rings (SSSR count). The van der Waals surface area contributed by atoms with E-state index in [1.807, 2.05) is 12.1 Å².